The number of Topliss-reactive ketones (excluding diaryl/α,β-unsaturated/α-hetero) is 1. The summed E-state index contributed by atoms with van der Waals surface area (Å²) in [6.45, 7) is 4.05. The molecule has 0 aliphatic rings. The Balaban J connectivity index is 2.17. The molecule has 0 saturated heterocycles. The molecule has 0 unspecified atom stereocenters. The van der Waals surface area contributed by atoms with Crippen molar-refractivity contribution in [3.05, 3.63) is 55.7 Å². The van der Waals surface area contributed by atoms with Crippen molar-refractivity contribution in [3.63, 3.8) is 0 Å². The maximum absolute atomic E-state index is 12.1. The van der Waals surface area contributed by atoms with E-state index in [1.807, 2.05) is 38.1 Å². The van der Waals surface area contributed by atoms with E-state index >= 15 is 0 Å². The highest BCUT2D eigenvalue weighted by Crippen LogP contribution is 2.27. The molecular weight excluding hydrogens is 296 g/mol. The number of ketones is 1. The van der Waals surface area contributed by atoms with Crippen molar-refractivity contribution < 1.29 is 4.79 Å². The molecule has 88 valence electrons. The topological polar surface area (TPSA) is 17.1 Å². The van der Waals surface area contributed by atoms with Gasteiger partial charge < -0.3 is 0 Å². The molecule has 1 nitrogen and oxygen atoms in total. The standard InChI is InChI=1S/C14H13BrOS/c1-9-4-3-5-11(6-9)7-13(16)14-8-12(15)10(2)17-14/h3-6,8H,7H2,1-2H3. The number of carbonyl (C=O) groups is 1. The van der Waals surface area contributed by atoms with Crippen LogP contribution < -0.4 is 0 Å². The lowest BCUT2D eigenvalue weighted by molar-refractivity contribution is 0.0997. The molecule has 0 aliphatic carbocycles. The van der Waals surface area contributed by atoms with E-state index in [4.69, 9.17) is 0 Å². The Morgan fingerprint density at radius 1 is 1.29 bits per heavy atom. The maximum Gasteiger partial charge on any atom is 0.177 e. The fourth-order valence-corrected chi connectivity index (χ4v) is 3.16. The minimum atomic E-state index is 0.189. The highest BCUT2D eigenvalue weighted by molar-refractivity contribution is 9.10. The lowest BCUT2D eigenvalue weighted by Crippen LogP contribution is -2.01. The van der Waals surface area contributed by atoms with E-state index < -0.39 is 0 Å². The van der Waals surface area contributed by atoms with Crippen molar-refractivity contribution in [3.8, 4) is 0 Å². The second kappa shape index (κ2) is 5.15. The molecule has 17 heavy (non-hydrogen) atoms. The van der Waals surface area contributed by atoms with Crippen molar-refractivity contribution in [1.29, 1.82) is 0 Å². The average molecular weight is 309 g/mol. The molecule has 1 aromatic carbocycles. The molecule has 2 aromatic rings. The van der Waals surface area contributed by atoms with Crippen molar-refractivity contribution >= 4 is 33.0 Å². The second-order valence-electron chi connectivity index (χ2n) is 4.10. The molecule has 0 N–H and O–H groups in total. The molecule has 0 bridgehead atoms. The number of aryl methyl sites for hydroxylation is 2. The van der Waals surface area contributed by atoms with E-state index in [2.05, 4.69) is 22.0 Å². The highest BCUT2D eigenvalue weighted by atomic mass is 79.9. The summed E-state index contributed by atoms with van der Waals surface area (Å²) >= 11 is 4.99. The Bertz CT molecular complexity index is 538. The summed E-state index contributed by atoms with van der Waals surface area (Å²) in [7, 11) is 0. The smallest absolute Gasteiger partial charge is 0.177 e. The van der Waals surface area contributed by atoms with Gasteiger partial charge in [-0.1, -0.05) is 29.8 Å². The van der Waals surface area contributed by atoms with Crippen LogP contribution in [0.4, 0.5) is 0 Å². The fourth-order valence-electron chi connectivity index (χ4n) is 1.69. The lowest BCUT2D eigenvalue weighted by atomic mass is 10.1. The number of halogens is 1. The van der Waals surface area contributed by atoms with E-state index in [0.717, 1.165) is 19.8 Å². The molecule has 1 heterocycles. The van der Waals surface area contributed by atoms with E-state index in [-0.39, 0.29) is 5.78 Å². The van der Waals surface area contributed by atoms with E-state index in [9.17, 15) is 4.79 Å². The van der Waals surface area contributed by atoms with Gasteiger partial charge in [0.2, 0.25) is 0 Å². The van der Waals surface area contributed by atoms with Crippen molar-refractivity contribution in [2.45, 2.75) is 20.3 Å². The van der Waals surface area contributed by atoms with Crippen molar-refractivity contribution in [2.24, 2.45) is 0 Å². The van der Waals surface area contributed by atoms with Crippen molar-refractivity contribution in [1.82, 2.24) is 0 Å². The quantitative estimate of drug-likeness (QED) is 0.760. The Morgan fingerprint density at radius 3 is 2.65 bits per heavy atom. The van der Waals surface area contributed by atoms with Gasteiger partial charge in [-0.05, 0) is 41.4 Å². The predicted molar refractivity (Wildman–Crippen MR) is 76.0 cm³/mol. The molecular formula is C14H13BrOS. The van der Waals surface area contributed by atoms with Gasteiger partial charge in [-0.3, -0.25) is 4.79 Å². The van der Waals surface area contributed by atoms with Crippen LogP contribution in [0.25, 0.3) is 0 Å². The zero-order chi connectivity index (χ0) is 12.4. The van der Waals surface area contributed by atoms with Crippen LogP contribution >= 0.6 is 27.3 Å². The van der Waals surface area contributed by atoms with Gasteiger partial charge in [-0.25, -0.2) is 0 Å². The van der Waals surface area contributed by atoms with Crippen LogP contribution in [0.2, 0.25) is 0 Å². The fraction of sp³-hybridized carbons (Fsp3) is 0.214. The number of hydrogen-bond acceptors (Lipinski definition) is 2. The maximum atomic E-state index is 12.1. The minimum Gasteiger partial charge on any atom is -0.293 e. The highest BCUT2D eigenvalue weighted by Gasteiger charge is 2.11. The third kappa shape index (κ3) is 3.05. The number of thiophene rings is 1. The van der Waals surface area contributed by atoms with Crippen molar-refractivity contribution in [2.75, 3.05) is 0 Å². The van der Waals surface area contributed by atoms with Gasteiger partial charge in [0.25, 0.3) is 0 Å². The van der Waals surface area contributed by atoms with E-state index in [1.54, 1.807) is 11.3 Å². The zero-order valence-corrected chi connectivity index (χ0v) is 12.2. The van der Waals surface area contributed by atoms with Crippen LogP contribution in [-0.2, 0) is 6.42 Å². The third-order valence-corrected chi connectivity index (χ3v) is 4.76. The molecule has 0 aliphatic heterocycles. The Labute approximate surface area is 114 Å². The summed E-state index contributed by atoms with van der Waals surface area (Å²) in [5.41, 5.74) is 2.27. The summed E-state index contributed by atoms with van der Waals surface area (Å²) in [5.74, 6) is 0.189. The molecule has 0 amide bonds. The normalized spacial score (nSPS) is 10.5. The molecule has 0 saturated carbocycles. The summed E-state index contributed by atoms with van der Waals surface area (Å²) < 4.78 is 1.02. The van der Waals surface area contributed by atoms with E-state index in [0.29, 0.717) is 6.42 Å². The number of carbonyl (C=O) groups excluding carboxylic acids is 1. The monoisotopic (exact) mass is 308 g/mol. The summed E-state index contributed by atoms with van der Waals surface area (Å²) in [6.07, 6.45) is 0.480. The number of rotatable bonds is 3. The summed E-state index contributed by atoms with van der Waals surface area (Å²) in [6, 6.07) is 10.0. The summed E-state index contributed by atoms with van der Waals surface area (Å²) in [4.78, 5) is 14.1. The third-order valence-electron chi connectivity index (χ3n) is 2.58. The molecule has 3 heteroatoms. The van der Waals surface area contributed by atoms with Crippen LogP contribution in [0.5, 0.6) is 0 Å². The van der Waals surface area contributed by atoms with Crippen LogP contribution in [-0.4, -0.2) is 5.78 Å². The first-order valence-electron chi connectivity index (χ1n) is 5.41. The van der Waals surface area contributed by atoms with Gasteiger partial charge in [0.1, 0.15) is 0 Å². The molecule has 0 spiro atoms. The molecule has 0 radical (unpaired) electrons. The first-order chi connectivity index (χ1) is 8.06. The van der Waals surface area contributed by atoms with Gasteiger partial charge in [-0.2, -0.15) is 0 Å². The predicted octanol–water partition coefficient (Wildman–Crippen LogP) is 4.55. The van der Waals surface area contributed by atoms with Gasteiger partial charge in [0.05, 0.1) is 4.88 Å². The zero-order valence-electron chi connectivity index (χ0n) is 9.79. The van der Waals surface area contributed by atoms with Gasteiger partial charge in [0.15, 0.2) is 5.78 Å². The Kier molecular flexibility index (Phi) is 3.79. The average Bonchev–Trinajstić information content (AvgIpc) is 2.59. The minimum absolute atomic E-state index is 0.189. The van der Waals surface area contributed by atoms with Gasteiger partial charge in [0, 0.05) is 15.8 Å². The van der Waals surface area contributed by atoms with Crippen LogP contribution in [0, 0.1) is 13.8 Å². The number of hydrogen-bond donors (Lipinski definition) is 0. The largest absolute Gasteiger partial charge is 0.293 e. The lowest BCUT2D eigenvalue weighted by Gasteiger charge is -2.00. The SMILES string of the molecule is Cc1cccc(CC(=O)c2cc(Br)c(C)s2)c1. The van der Waals surface area contributed by atoms with Crippen LogP contribution in [0.3, 0.4) is 0 Å². The van der Waals surface area contributed by atoms with Gasteiger partial charge in [-0.15, -0.1) is 11.3 Å². The molecule has 2 rings (SSSR count). The first-order valence-corrected chi connectivity index (χ1v) is 7.02. The molecule has 1 aromatic heterocycles. The van der Waals surface area contributed by atoms with Crippen LogP contribution in [0.1, 0.15) is 25.7 Å². The van der Waals surface area contributed by atoms with Crippen LogP contribution in [0.15, 0.2) is 34.8 Å². The first kappa shape index (κ1) is 12.5. The second-order valence-corrected chi connectivity index (χ2v) is 6.21. The number of benzene rings is 1. The molecule has 0 fully saturated rings. The molecule has 0 atom stereocenters. The van der Waals surface area contributed by atoms with E-state index in [1.165, 1.54) is 5.56 Å². The Morgan fingerprint density at radius 2 is 2.06 bits per heavy atom. The van der Waals surface area contributed by atoms with Gasteiger partial charge >= 0.3 is 0 Å². The Hall–Kier alpha value is -0.930. The summed E-state index contributed by atoms with van der Waals surface area (Å²) in [5, 5.41) is 0.